The first-order valence-electron chi connectivity index (χ1n) is 5.33. The van der Waals surface area contributed by atoms with E-state index in [0.717, 1.165) is 28.7 Å². The van der Waals surface area contributed by atoms with Crippen LogP contribution in [0.1, 0.15) is 15.9 Å². The summed E-state index contributed by atoms with van der Waals surface area (Å²) in [6, 6.07) is 6.14. The minimum absolute atomic E-state index is 0.0934. The number of likely N-dealkylation sites (N-methyl/N-ethyl adjacent to an activating group) is 1. The van der Waals surface area contributed by atoms with Crippen molar-refractivity contribution < 1.29 is 4.79 Å². The van der Waals surface area contributed by atoms with Crippen molar-refractivity contribution >= 4 is 21.8 Å². The maximum absolute atomic E-state index is 12.2. The zero-order valence-corrected chi connectivity index (χ0v) is 11.0. The number of halogens is 1. The van der Waals surface area contributed by atoms with Gasteiger partial charge in [0, 0.05) is 30.2 Å². The van der Waals surface area contributed by atoms with E-state index in [2.05, 4.69) is 21.2 Å². The molecule has 4 heteroatoms. The van der Waals surface area contributed by atoms with Gasteiger partial charge in [0.15, 0.2) is 0 Å². The van der Waals surface area contributed by atoms with Gasteiger partial charge in [-0.2, -0.15) is 0 Å². The van der Waals surface area contributed by atoms with Crippen molar-refractivity contribution in [3.05, 3.63) is 33.8 Å². The van der Waals surface area contributed by atoms with Crippen molar-refractivity contribution in [1.82, 2.24) is 10.2 Å². The lowest BCUT2D eigenvalue weighted by atomic mass is 10.1. The number of nitrogens with one attached hydrogen (secondary N) is 1. The van der Waals surface area contributed by atoms with Gasteiger partial charge in [0.25, 0.3) is 5.91 Å². The van der Waals surface area contributed by atoms with Crippen LogP contribution in [-0.4, -0.2) is 37.0 Å². The number of rotatable bonds is 2. The number of hydrogen-bond donors (Lipinski definition) is 1. The standard InChI is InChI=1S/C12H15BrN2O/c1-8-3-9(5-10(13)4-8)12(16)15(2)11-6-14-7-11/h3-5,11,14H,6-7H2,1-2H3. The quantitative estimate of drug-likeness (QED) is 0.897. The van der Waals surface area contributed by atoms with Crippen LogP contribution in [0.3, 0.4) is 0 Å². The highest BCUT2D eigenvalue weighted by Crippen LogP contribution is 2.17. The Hall–Kier alpha value is -0.870. The third-order valence-corrected chi connectivity index (χ3v) is 3.37. The fraction of sp³-hybridized carbons (Fsp3) is 0.417. The molecule has 1 saturated heterocycles. The number of nitrogens with zero attached hydrogens (tertiary/aromatic N) is 1. The van der Waals surface area contributed by atoms with E-state index < -0.39 is 0 Å². The van der Waals surface area contributed by atoms with E-state index in [4.69, 9.17) is 0 Å². The predicted molar refractivity (Wildman–Crippen MR) is 67.6 cm³/mol. The van der Waals surface area contributed by atoms with E-state index in [1.165, 1.54) is 0 Å². The number of benzene rings is 1. The minimum atomic E-state index is 0.0934. The van der Waals surface area contributed by atoms with Gasteiger partial charge in [-0.1, -0.05) is 15.9 Å². The number of carbonyl (C=O) groups excluding carboxylic acids is 1. The van der Waals surface area contributed by atoms with E-state index in [1.54, 1.807) is 0 Å². The lowest BCUT2D eigenvalue weighted by Crippen LogP contribution is -2.57. The van der Waals surface area contributed by atoms with Crippen molar-refractivity contribution in [2.75, 3.05) is 20.1 Å². The molecule has 3 nitrogen and oxygen atoms in total. The fourth-order valence-electron chi connectivity index (χ4n) is 1.78. The van der Waals surface area contributed by atoms with Gasteiger partial charge >= 0.3 is 0 Å². The largest absolute Gasteiger partial charge is 0.336 e. The van der Waals surface area contributed by atoms with Crippen LogP contribution >= 0.6 is 15.9 Å². The second-order valence-electron chi connectivity index (χ2n) is 4.25. The van der Waals surface area contributed by atoms with Crippen molar-refractivity contribution in [2.24, 2.45) is 0 Å². The molecule has 0 spiro atoms. The zero-order chi connectivity index (χ0) is 11.7. The molecule has 2 rings (SSSR count). The molecule has 1 aromatic carbocycles. The molecule has 1 heterocycles. The van der Waals surface area contributed by atoms with E-state index in [1.807, 2.05) is 37.1 Å². The summed E-state index contributed by atoms with van der Waals surface area (Å²) in [6.07, 6.45) is 0. The number of carbonyl (C=O) groups is 1. The Bertz CT molecular complexity index is 395. The fourth-order valence-corrected chi connectivity index (χ4v) is 2.38. The lowest BCUT2D eigenvalue weighted by Gasteiger charge is -2.35. The highest BCUT2D eigenvalue weighted by Gasteiger charge is 2.26. The molecule has 1 amide bonds. The van der Waals surface area contributed by atoms with Crippen LogP contribution in [0.15, 0.2) is 22.7 Å². The molecular weight excluding hydrogens is 268 g/mol. The Morgan fingerprint density at radius 2 is 2.12 bits per heavy atom. The molecule has 86 valence electrons. The van der Waals surface area contributed by atoms with Crippen LogP contribution in [0, 0.1) is 6.92 Å². The second kappa shape index (κ2) is 4.55. The molecule has 0 aliphatic carbocycles. The molecule has 1 aliphatic rings. The molecule has 1 fully saturated rings. The average Bonchev–Trinajstić information content (AvgIpc) is 2.12. The first kappa shape index (κ1) is 11.6. The molecule has 1 aromatic rings. The summed E-state index contributed by atoms with van der Waals surface area (Å²) >= 11 is 3.42. The summed E-state index contributed by atoms with van der Waals surface area (Å²) in [7, 11) is 1.87. The predicted octanol–water partition coefficient (Wildman–Crippen LogP) is 1.80. The Balaban J connectivity index is 2.19. The van der Waals surface area contributed by atoms with Gasteiger partial charge in [0.2, 0.25) is 0 Å². The first-order chi connectivity index (χ1) is 7.58. The maximum Gasteiger partial charge on any atom is 0.253 e. The number of amides is 1. The molecule has 0 saturated carbocycles. The van der Waals surface area contributed by atoms with E-state index in [-0.39, 0.29) is 5.91 Å². The van der Waals surface area contributed by atoms with E-state index in [9.17, 15) is 4.79 Å². The summed E-state index contributed by atoms with van der Waals surface area (Å²) in [5.74, 6) is 0.0934. The summed E-state index contributed by atoms with van der Waals surface area (Å²) < 4.78 is 0.955. The monoisotopic (exact) mass is 282 g/mol. The molecule has 0 atom stereocenters. The van der Waals surface area contributed by atoms with Gasteiger partial charge in [-0.05, 0) is 30.7 Å². The van der Waals surface area contributed by atoms with E-state index >= 15 is 0 Å². The van der Waals surface area contributed by atoms with Gasteiger partial charge in [-0.25, -0.2) is 0 Å². The summed E-state index contributed by atoms with van der Waals surface area (Å²) in [5.41, 5.74) is 1.85. The average molecular weight is 283 g/mol. The molecule has 1 N–H and O–H groups in total. The van der Waals surface area contributed by atoms with Crippen molar-refractivity contribution in [3.8, 4) is 0 Å². The van der Waals surface area contributed by atoms with Gasteiger partial charge in [0.1, 0.15) is 0 Å². The smallest absolute Gasteiger partial charge is 0.253 e. The molecule has 0 unspecified atom stereocenters. The topological polar surface area (TPSA) is 32.3 Å². The van der Waals surface area contributed by atoms with Crippen molar-refractivity contribution in [3.63, 3.8) is 0 Å². The van der Waals surface area contributed by atoms with Crippen LogP contribution in [0.2, 0.25) is 0 Å². The van der Waals surface area contributed by atoms with Gasteiger partial charge in [-0.15, -0.1) is 0 Å². The highest BCUT2D eigenvalue weighted by atomic mass is 79.9. The van der Waals surface area contributed by atoms with Gasteiger partial charge in [-0.3, -0.25) is 4.79 Å². The zero-order valence-electron chi connectivity index (χ0n) is 9.46. The molecule has 1 aliphatic heterocycles. The molecule has 0 aromatic heterocycles. The van der Waals surface area contributed by atoms with Crippen molar-refractivity contribution in [1.29, 1.82) is 0 Å². The number of hydrogen-bond acceptors (Lipinski definition) is 2. The highest BCUT2D eigenvalue weighted by molar-refractivity contribution is 9.10. The molecule has 16 heavy (non-hydrogen) atoms. The van der Waals surface area contributed by atoms with Crippen LogP contribution in [0.4, 0.5) is 0 Å². The van der Waals surface area contributed by atoms with Gasteiger partial charge < -0.3 is 10.2 Å². The Morgan fingerprint density at radius 3 is 2.62 bits per heavy atom. The molecular formula is C12H15BrN2O. The number of aryl methyl sites for hydroxylation is 1. The SMILES string of the molecule is Cc1cc(Br)cc(C(=O)N(C)C2CNC2)c1. The maximum atomic E-state index is 12.2. The van der Waals surface area contributed by atoms with Crippen molar-refractivity contribution in [2.45, 2.75) is 13.0 Å². The van der Waals surface area contributed by atoms with Crippen LogP contribution in [0.5, 0.6) is 0 Å². The van der Waals surface area contributed by atoms with Crippen LogP contribution in [0.25, 0.3) is 0 Å². The van der Waals surface area contributed by atoms with Crippen LogP contribution in [-0.2, 0) is 0 Å². The normalized spacial score (nSPS) is 15.7. The Labute approximate surface area is 104 Å². The summed E-state index contributed by atoms with van der Waals surface area (Å²) in [6.45, 7) is 3.79. The first-order valence-corrected chi connectivity index (χ1v) is 6.12. The Morgan fingerprint density at radius 1 is 1.44 bits per heavy atom. The second-order valence-corrected chi connectivity index (χ2v) is 5.16. The lowest BCUT2D eigenvalue weighted by molar-refractivity contribution is 0.0681. The third-order valence-electron chi connectivity index (χ3n) is 2.92. The third kappa shape index (κ3) is 2.28. The molecule has 0 radical (unpaired) electrons. The minimum Gasteiger partial charge on any atom is -0.336 e. The summed E-state index contributed by atoms with van der Waals surface area (Å²) in [4.78, 5) is 14.0. The van der Waals surface area contributed by atoms with Gasteiger partial charge in [0.05, 0.1) is 6.04 Å². The summed E-state index contributed by atoms with van der Waals surface area (Å²) in [5, 5.41) is 3.17. The van der Waals surface area contributed by atoms with E-state index in [0.29, 0.717) is 6.04 Å². The van der Waals surface area contributed by atoms with Crippen LogP contribution < -0.4 is 5.32 Å². The Kier molecular flexibility index (Phi) is 3.30. The molecule has 0 bridgehead atoms.